The van der Waals surface area contributed by atoms with Gasteiger partial charge in [-0.2, -0.15) is 5.10 Å². The number of carbonyl (C=O) groups excluding carboxylic acids is 1. The summed E-state index contributed by atoms with van der Waals surface area (Å²) in [5.74, 6) is 0.276. The van der Waals surface area contributed by atoms with Crippen molar-refractivity contribution in [1.29, 1.82) is 0 Å². The number of alkyl halides is 1. The van der Waals surface area contributed by atoms with Gasteiger partial charge < -0.3 is 19.3 Å². The maximum atomic E-state index is 14.5. The summed E-state index contributed by atoms with van der Waals surface area (Å²) in [5, 5.41) is 16.5. The van der Waals surface area contributed by atoms with E-state index in [0.717, 1.165) is 38.7 Å². The zero-order valence-electron chi connectivity index (χ0n) is 27.0. The van der Waals surface area contributed by atoms with Crippen LogP contribution >= 0.6 is 15.9 Å². The van der Waals surface area contributed by atoms with E-state index in [4.69, 9.17) is 24.3 Å². The highest BCUT2D eigenvalue weighted by molar-refractivity contribution is 9.08. The summed E-state index contributed by atoms with van der Waals surface area (Å²) >= 11 is 3.49. The Kier molecular flexibility index (Phi) is 9.16. The molecule has 4 aromatic carbocycles. The van der Waals surface area contributed by atoms with Crippen LogP contribution in [0.5, 0.6) is 11.5 Å². The Morgan fingerprint density at radius 1 is 1.00 bits per heavy atom. The first kappa shape index (κ1) is 32.5. The summed E-state index contributed by atoms with van der Waals surface area (Å²) in [6.07, 6.45) is -0.180. The van der Waals surface area contributed by atoms with E-state index in [9.17, 15) is 14.3 Å². The van der Waals surface area contributed by atoms with Crippen LogP contribution in [0.4, 0.5) is 4.39 Å². The molecule has 0 radical (unpaired) electrons. The zero-order chi connectivity index (χ0) is 34.1. The van der Waals surface area contributed by atoms with Crippen LogP contribution < -0.4 is 9.47 Å². The monoisotopic (exact) mass is 721 g/mol. The Morgan fingerprint density at radius 2 is 1.82 bits per heavy atom. The van der Waals surface area contributed by atoms with Gasteiger partial charge in [-0.25, -0.2) is 13.9 Å². The molecule has 10 heteroatoms. The molecule has 1 N–H and O–H groups in total. The summed E-state index contributed by atoms with van der Waals surface area (Å²) in [5.41, 5.74) is 9.20. The van der Waals surface area contributed by atoms with Gasteiger partial charge in [-0.1, -0.05) is 58.4 Å². The molecule has 1 aliphatic heterocycles. The number of hydrogen-bond donors (Lipinski definition) is 1. The summed E-state index contributed by atoms with van der Waals surface area (Å²) in [4.78, 5) is 17.4. The van der Waals surface area contributed by atoms with Crippen LogP contribution in [-0.4, -0.2) is 39.4 Å². The average Bonchev–Trinajstić information content (AvgIpc) is 3.54. The van der Waals surface area contributed by atoms with Crippen molar-refractivity contribution in [1.82, 2.24) is 14.6 Å². The number of aryl methyl sites for hydroxylation is 1. The minimum Gasteiger partial charge on any atom is -0.493 e. The molecule has 0 saturated carbocycles. The van der Waals surface area contributed by atoms with E-state index in [-0.39, 0.29) is 18.8 Å². The summed E-state index contributed by atoms with van der Waals surface area (Å²) in [6.45, 7) is 2.59. The van der Waals surface area contributed by atoms with E-state index in [1.165, 1.54) is 19.2 Å². The maximum absolute atomic E-state index is 14.5. The average molecular weight is 723 g/mol. The number of fused-ring (bicyclic) bond motifs is 2. The van der Waals surface area contributed by atoms with E-state index in [2.05, 4.69) is 22.0 Å². The molecule has 0 fully saturated rings. The van der Waals surface area contributed by atoms with Gasteiger partial charge in [-0.15, -0.1) is 0 Å². The molecule has 1 atom stereocenters. The molecule has 0 amide bonds. The summed E-state index contributed by atoms with van der Waals surface area (Å²) in [7, 11) is 1.36. The Hall–Kier alpha value is -5.06. The first-order chi connectivity index (χ1) is 23.8. The van der Waals surface area contributed by atoms with Crippen molar-refractivity contribution in [3.8, 4) is 45.1 Å². The topological polar surface area (TPSA) is 95.2 Å². The zero-order valence-corrected chi connectivity index (χ0v) is 28.5. The van der Waals surface area contributed by atoms with E-state index < -0.39 is 12.1 Å². The minimum atomic E-state index is -0.665. The summed E-state index contributed by atoms with van der Waals surface area (Å²) in [6, 6.07) is 27.9. The number of methoxy groups -OCH3 is 1. The largest absolute Gasteiger partial charge is 0.493 e. The van der Waals surface area contributed by atoms with Crippen LogP contribution in [0.15, 0.2) is 91.0 Å². The van der Waals surface area contributed by atoms with Crippen LogP contribution in [-0.2, 0) is 27.9 Å². The van der Waals surface area contributed by atoms with Crippen LogP contribution in [0, 0.1) is 12.7 Å². The Balaban J connectivity index is 1.30. The van der Waals surface area contributed by atoms with Crippen molar-refractivity contribution in [2.24, 2.45) is 0 Å². The van der Waals surface area contributed by atoms with Gasteiger partial charge in [0.1, 0.15) is 23.9 Å². The van der Waals surface area contributed by atoms with Gasteiger partial charge in [0.2, 0.25) is 0 Å². The third-order valence-corrected chi connectivity index (χ3v) is 9.35. The van der Waals surface area contributed by atoms with Crippen molar-refractivity contribution in [2.75, 3.05) is 13.7 Å². The fourth-order valence-corrected chi connectivity index (χ4v) is 6.56. The molecule has 0 bridgehead atoms. The van der Waals surface area contributed by atoms with Gasteiger partial charge in [0, 0.05) is 57.4 Å². The lowest BCUT2D eigenvalue weighted by molar-refractivity contribution is -0.139. The van der Waals surface area contributed by atoms with Crippen molar-refractivity contribution in [3.63, 3.8) is 0 Å². The molecule has 8 nitrogen and oxygen atoms in total. The fraction of sp³-hybridized carbons (Fsp3) is 0.205. The van der Waals surface area contributed by atoms with Crippen molar-refractivity contribution in [2.45, 2.75) is 37.8 Å². The highest BCUT2D eigenvalue weighted by atomic mass is 79.9. The number of benzene rings is 4. The number of nitrogens with zero attached hydrogens (tertiary/aromatic N) is 3. The lowest BCUT2D eigenvalue weighted by atomic mass is 9.96. The first-order valence-electron chi connectivity index (χ1n) is 15.9. The maximum Gasteiger partial charge on any atom is 0.310 e. The lowest BCUT2D eigenvalue weighted by Gasteiger charge is -2.23. The number of aromatic nitrogens is 3. The van der Waals surface area contributed by atoms with Gasteiger partial charge in [0.25, 0.3) is 0 Å². The molecular formula is C39H33BrFN3O5. The molecule has 0 saturated heterocycles. The number of carbonyl (C=O) groups is 1. The van der Waals surface area contributed by atoms with Gasteiger partial charge >= 0.3 is 5.97 Å². The highest BCUT2D eigenvalue weighted by Crippen LogP contribution is 2.38. The quantitative estimate of drug-likeness (QED) is 0.119. The molecule has 49 heavy (non-hydrogen) atoms. The van der Waals surface area contributed by atoms with Gasteiger partial charge in [-0.05, 0) is 60.0 Å². The van der Waals surface area contributed by atoms with Gasteiger partial charge in [0.15, 0.2) is 5.65 Å². The number of hydrogen-bond acceptors (Lipinski definition) is 7. The van der Waals surface area contributed by atoms with Crippen LogP contribution in [0.1, 0.15) is 40.5 Å². The van der Waals surface area contributed by atoms with Crippen molar-refractivity contribution in [3.05, 3.63) is 125 Å². The third-order valence-electron chi connectivity index (χ3n) is 8.70. The Morgan fingerprint density at radius 3 is 2.65 bits per heavy atom. The fourth-order valence-electron chi connectivity index (χ4n) is 6.21. The third kappa shape index (κ3) is 6.66. The van der Waals surface area contributed by atoms with Crippen LogP contribution in [0.25, 0.3) is 39.3 Å². The van der Waals surface area contributed by atoms with Gasteiger partial charge in [0.05, 0.1) is 37.6 Å². The predicted octanol–water partition coefficient (Wildman–Crippen LogP) is 8.18. The standard InChI is InChI=1S/C39H33BrFN3O5/c1-23-31(19-38(46)47-2)39(28-9-12-35-32(17-28)34(45)13-14-48-35)44-37(42-23)20-33(43-44)27-8-4-7-26(16-27)30-11-10-29(41)18-36(30)49-22-25-6-3-5-24(15-25)21-40/h3-12,15-18,20,34,45H,13-14,19,21-22H2,1-2H3. The van der Waals surface area contributed by atoms with Crippen LogP contribution in [0.2, 0.25) is 0 Å². The molecule has 2 aromatic heterocycles. The molecule has 1 unspecified atom stereocenters. The first-order valence-corrected chi connectivity index (χ1v) is 17.0. The van der Waals surface area contributed by atoms with E-state index in [1.54, 1.807) is 10.6 Å². The SMILES string of the molecule is COC(=O)Cc1c(C)nc2cc(-c3cccc(-c4ccc(F)cc4OCc4cccc(CBr)c4)c3)nn2c1-c1ccc2c(c1)C(O)CCO2. The molecule has 0 aliphatic carbocycles. The van der Waals surface area contributed by atoms with E-state index in [1.807, 2.05) is 73.7 Å². The second-order valence-electron chi connectivity index (χ2n) is 11.9. The number of rotatable bonds is 9. The molecule has 0 spiro atoms. The number of halogens is 2. The Bertz CT molecular complexity index is 2200. The molecule has 248 valence electrons. The minimum absolute atomic E-state index is 0.00479. The van der Waals surface area contributed by atoms with Crippen molar-refractivity contribution < 1.29 is 28.5 Å². The van der Waals surface area contributed by atoms with Crippen molar-refractivity contribution >= 4 is 27.5 Å². The molecule has 7 rings (SSSR count). The smallest absolute Gasteiger partial charge is 0.310 e. The second-order valence-corrected chi connectivity index (χ2v) is 12.5. The van der Waals surface area contributed by atoms with Gasteiger partial charge in [-0.3, -0.25) is 4.79 Å². The second kappa shape index (κ2) is 13.8. The number of aliphatic hydroxyl groups excluding tert-OH is 1. The highest BCUT2D eigenvalue weighted by Gasteiger charge is 2.24. The predicted molar refractivity (Wildman–Crippen MR) is 188 cm³/mol. The molecule has 3 heterocycles. The number of esters is 1. The lowest BCUT2D eigenvalue weighted by Crippen LogP contribution is -2.15. The molecule has 1 aliphatic rings. The molecule has 6 aromatic rings. The Labute approximate surface area is 291 Å². The van der Waals surface area contributed by atoms with E-state index >= 15 is 0 Å². The number of aliphatic hydroxyl groups is 1. The molecular weight excluding hydrogens is 689 g/mol. The normalized spacial score (nSPS) is 13.9. The van der Waals surface area contributed by atoms with E-state index in [0.29, 0.717) is 58.4 Å². The van der Waals surface area contributed by atoms with Crippen LogP contribution in [0.3, 0.4) is 0 Å². The number of ether oxygens (including phenoxy) is 3. The summed E-state index contributed by atoms with van der Waals surface area (Å²) < 4.78 is 33.2.